The molecule has 0 bridgehead atoms. The van der Waals surface area contributed by atoms with Crippen LogP contribution in [-0.2, 0) is 10.0 Å². The third-order valence-electron chi connectivity index (χ3n) is 3.11. The number of nitrogens with two attached hydrogens (primary N) is 1. The van der Waals surface area contributed by atoms with Crippen molar-refractivity contribution in [2.75, 3.05) is 13.1 Å². The fourth-order valence-corrected chi connectivity index (χ4v) is 4.18. The van der Waals surface area contributed by atoms with E-state index in [2.05, 4.69) is 15.9 Å². The van der Waals surface area contributed by atoms with E-state index in [0.29, 0.717) is 23.9 Å². The van der Waals surface area contributed by atoms with Crippen molar-refractivity contribution < 1.29 is 8.42 Å². The van der Waals surface area contributed by atoms with Crippen LogP contribution >= 0.6 is 15.9 Å². The van der Waals surface area contributed by atoms with E-state index >= 15 is 0 Å². The molecule has 0 aliphatic carbocycles. The number of hydrogen-bond acceptors (Lipinski definition) is 3. The Bertz CT molecular complexity index is 505. The van der Waals surface area contributed by atoms with Gasteiger partial charge in [-0.05, 0) is 36.6 Å². The summed E-state index contributed by atoms with van der Waals surface area (Å²) in [5, 5.41) is 0. The lowest BCUT2D eigenvalue weighted by Crippen LogP contribution is -2.48. The molecule has 2 rings (SSSR count). The van der Waals surface area contributed by atoms with Gasteiger partial charge in [0.2, 0.25) is 10.0 Å². The van der Waals surface area contributed by atoms with Crippen molar-refractivity contribution in [2.45, 2.75) is 24.3 Å². The molecule has 1 saturated heterocycles. The summed E-state index contributed by atoms with van der Waals surface area (Å²) in [6, 6.07) is 6.63. The molecular formula is C12H17BrN2O2S. The highest BCUT2D eigenvalue weighted by Crippen LogP contribution is 2.24. The van der Waals surface area contributed by atoms with Crippen LogP contribution in [0.4, 0.5) is 0 Å². The molecule has 0 aromatic heterocycles. The third-order valence-corrected chi connectivity index (χ3v) is 5.48. The van der Waals surface area contributed by atoms with Crippen molar-refractivity contribution >= 4 is 26.0 Å². The molecule has 0 spiro atoms. The van der Waals surface area contributed by atoms with Crippen LogP contribution in [0.5, 0.6) is 0 Å². The van der Waals surface area contributed by atoms with E-state index in [4.69, 9.17) is 5.73 Å². The van der Waals surface area contributed by atoms with Crippen molar-refractivity contribution in [2.24, 2.45) is 11.7 Å². The molecule has 1 aromatic rings. The topological polar surface area (TPSA) is 63.4 Å². The number of piperidine rings is 1. The van der Waals surface area contributed by atoms with E-state index in [-0.39, 0.29) is 6.04 Å². The van der Waals surface area contributed by atoms with Crippen LogP contribution in [0, 0.1) is 5.92 Å². The average molecular weight is 333 g/mol. The lowest BCUT2D eigenvalue weighted by atomic mass is 9.99. The second kappa shape index (κ2) is 5.28. The Morgan fingerprint density at radius 2 is 1.89 bits per heavy atom. The van der Waals surface area contributed by atoms with E-state index in [1.807, 2.05) is 6.92 Å². The molecule has 100 valence electrons. The Balaban J connectivity index is 2.28. The first-order chi connectivity index (χ1) is 8.39. The van der Waals surface area contributed by atoms with Gasteiger partial charge in [0.1, 0.15) is 0 Å². The smallest absolute Gasteiger partial charge is 0.243 e. The summed E-state index contributed by atoms with van der Waals surface area (Å²) in [6.45, 7) is 2.98. The SMILES string of the molecule is CC1CC(N)CN(S(=O)(=O)c2ccc(Br)cc2)C1. The second-order valence-electron chi connectivity index (χ2n) is 4.88. The van der Waals surface area contributed by atoms with Gasteiger partial charge in [-0.15, -0.1) is 0 Å². The van der Waals surface area contributed by atoms with Crippen LogP contribution in [0.1, 0.15) is 13.3 Å². The highest BCUT2D eigenvalue weighted by atomic mass is 79.9. The van der Waals surface area contributed by atoms with Gasteiger partial charge < -0.3 is 5.73 Å². The molecule has 2 atom stereocenters. The number of benzene rings is 1. The molecule has 2 unspecified atom stereocenters. The lowest BCUT2D eigenvalue weighted by molar-refractivity contribution is 0.254. The standard InChI is InChI=1S/C12H17BrN2O2S/c1-9-6-11(14)8-15(7-9)18(16,17)12-4-2-10(13)3-5-12/h2-5,9,11H,6-8,14H2,1H3. The Labute approximate surface area is 116 Å². The normalized spacial score (nSPS) is 26.2. The van der Waals surface area contributed by atoms with E-state index in [1.165, 1.54) is 4.31 Å². The zero-order valence-electron chi connectivity index (χ0n) is 10.2. The van der Waals surface area contributed by atoms with Crippen molar-refractivity contribution in [1.82, 2.24) is 4.31 Å². The van der Waals surface area contributed by atoms with E-state index < -0.39 is 10.0 Å². The molecule has 0 amide bonds. The molecule has 0 radical (unpaired) electrons. The van der Waals surface area contributed by atoms with E-state index in [0.717, 1.165) is 10.9 Å². The maximum Gasteiger partial charge on any atom is 0.243 e. The quantitative estimate of drug-likeness (QED) is 0.898. The largest absolute Gasteiger partial charge is 0.326 e. The van der Waals surface area contributed by atoms with Crippen molar-refractivity contribution in [1.29, 1.82) is 0 Å². The second-order valence-corrected chi connectivity index (χ2v) is 7.73. The molecule has 2 N–H and O–H groups in total. The minimum Gasteiger partial charge on any atom is -0.326 e. The summed E-state index contributed by atoms with van der Waals surface area (Å²) in [5.74, 6) is 0.305. The van der Waals surface area contributed by atoms with Crippen molar-refractivity contribution in [3.63, 3.8) is 0 Å². The average Bonchev–Trinajstić information content (AvgIpc) is 2.28. The minimum absolute atomic E-state index is 0.0704. The first-order valence-electron chi connectivity index (χ1n) is 5.91. The van der Waals surface area contributed by atoms with Gasteiger partial charge >= 0.3 is 0 Å². The first-order valence-corrected chi connectivity index (χ1v) is 8.14. The third kappa shape index (κ3) is 2.93. The molecule has 1 aromatic carbocycles. The van der Waals surface area contributed by atoms with Gasteiger partial charge in [-0.2, -0.15) is 4.31 Å². The molecule has 1 heterocycles. The molecule has 18 heavy (non-hydrogen) atoms. The van der Waals surface area contributed by atoms with E-state index in [1.54, 1.807) is 24.3 Å². The van der Waals surface area contributed by atoms with Crippen LogP contribution in [0.15, 0.2) is 33.6 Å². The Morgan fingerprint density at radius 3 is 2.44 bits per heavy atom. The molecule has 1 aliphatic rings. The number of nitrogens with zero attached hydrogens (tertiary/aromatic N) is 1. The molecule has 4 nitrogen and oxygen atoms in total. The summed E-state index contributed by atoms with van der Waals surface area (Å²) >= 11 is 3.30. The first kappa shape index (κ1) is 14.0. The Morgan fingerprint density at radius 1 is 1.28 bits per heavy atom. The molecule has 0 saturated carbocycles. The monoisotopic (exact) mass is 332 g/mol. The van der Waals surface area contributed by atoms with Gasteiger partial charge in [-0.3, -0.25) is 0 Å². The van der Waals surface area contributed by atoms with Gasteiger partial charge in [0.05, 0.1) is 4.90 Å². The fraction of sp³-hybridized carbons (Fsp3) is 0.500. The Kier molecular flexibility index (Phi) is 4.11. The number of rotatable bonds is 2. The summed E-state index contributed by atoms with van der Waals surface area (Å²) in [6.07, 6.45) is 0.881. The molecular weight excluding hydrogens is 316 g/mol. The maximum absolute atomic E-state index is 12.4. The minimum atomic E-state index is -3.41. The van der Waals surface area contributed by atoms with Crippen LogP contribution in [-0.4, -0.2) is 31.9 Å². The molecule has 1 fully saturated rings. The fourth-order valence-electron chi connectivity index (χ4n) is 2.30. The van der Waals surface area contributed by atoms with Crippen molar-refractivity contribution in [3.05, 3.63) is 28.7 Å². The zero-order chi connectivity index (χ0) is 13.3. The predicted molar refractivity (Wildman–Crippen MR) is 74.7 cm³/mol. The van der Waals surface area contributed by atoms with Gasteiger partial charge in [-0.25, -0.2) is 8.42 Å². The maximum atomic E-state index is 12.4. The number of sulfonamides is 1. The summed E-state index contributed by atoms with van der Waals surface area (Å²) in [7, 11) is -3.41. The van der Waals surface area contributed by atoms with Crippen molar-refractivity contribution in [3.8, 4) is 0 Å². The van der Waals surface area contributed by atoms with E-state index in [9.17, 15) is 8.42 Å². The van der Waals surface area contributed by atoms with Crippen LogP contribution in [0.3, 0.4) is 0 Å². The van der Waals surface area contributed by atoms with Gasteiger partial charge in [0.15, 0.2) is 0 Å². The summed E-state index contributed by atoms with van der Waals surface area (Å²) < 4.78 is 27.3. The zero-order valence-corrected chi connectivity index (χ0v) is 12.6. The van der Waals surface area contributed by atoms with Crippen LogP contribution in [0.2, 0.25) is 0 Å². The lowest BCUT2D eigenvalue weighted by Gasteiger charge is -2.33. The molecule has 6 heteroatoms. The highest BCUT2D eigenvalue weighted by molar-refractivity contribution is 9.10. The highest BCUT2D eigenvalue weighted by Gasteiger charge is 2.31. The number of hydrogen-bond donors (Lipinski definition) is 1. The Hall–Kier alpha value is -0.430. The molecule has 1 aliphatic heterocycles. The van der Waals surface area contributed by atoms with Gasteiger partial charge in [0.25, 0.3) is 0 Å². The van der Waals surface area contributed by atoms with Crippen LogP contribution in [0.25, 0.3) is 0 Å². The number of halogens is 1. The summed E-state index contributed by atoms with van der Waals surface area (Å²) in [5.41, 5.74) is 5.90. The predicted octanol–water partition coefficient (Wildman–Crippen LogP) is 1.81. The van der Waals surface area contributed by atoms with Gasteiger partial charge in [-0.1, -0.05) is 22.9 Å². The summed E-state index contributed by atoms with van der Waals surface area (Å²) in [4.78, 5) is 0.326. The van der Waals surface area contributed by atoms with Crippen LogP contribution < -0.4 is 5.73 Å². The van der Waals surface area contributed by atoms with Gasteiger partial charge in [0, 0.05) is 23.6 Å².